The summed E-state index contributed by atoms with van der Waals surface area (Å²) in [5, 5.41) is 0. The quantitative estimate of drug-likeness (QED) is 0.0261. The molecule has 1 atom stereocenters. The molecule has 0 amide bonds. The van der Waals surface area contributed by atoms with Crippen LogP contribution in [0.5, 0.6) is 0 Å². The first kappa shape index (κ1) is 75.6. The average molecular weight is 1100 g/mol. The lowest BCUT2D eigenvalue weighted by Gasteiger charge is -2.18. The number of hydrogen-bond donors (Lipinski definition) is 0. The molecule has 0 spiro atoms. The Morgan fingerprint density at radius 1 is 0.266 bits per heavy atom. The number of ether oxygens (including phenoxy) is 3. The molecule has 0 radical (unpaired) electrons. The van der Waals surface area contributed by atoms with Crippen molar-refractivity contribution < 1.29 is 28.6 Å². The van der Waals surface area contributed by atoms with Crippen molar-refractivity contribution in [2.45, 2.75) is 348 Å². The number of carbonyl (C=O) groups excluding carboxylic acids is 3. The zero-order chi connectivity index (χ0) is 57.1. The van der Waals surface area contributed by atoms with Crippen LogP contribution >= 0.6 is 0 Å². The van der Waals surface area contributed by atoms with Crippen molar-refractivity contribution in [2.75, 3.05) is 13.2 Å². The second-order valence-corrected chi connectivity index (χ2v) is 22.7. The van der Waals surface area contributed by atoms with E-state index in [-0.39, 0.29) is 31.1 Å². The fraction of sp³-hybridized carbons (Fsp3) is 0.767. The van der Waals surface area contributed by atoms with Crippen LogP contribution in [0.3, 0.4) is 0 Å². The summed E-state index contributed by atoms with van der Waals surface area (Å²) >= 11 is 0. The Bertz CT molecular complexity index is 1500. The molecule has 456 valence electrons. The van der Waals surface area contributed by atoms with Crippen LogP contribution in [0.4, 0.5) is 0 Å². The van der Waals surface area contributed by atoms with Crippen molar-refractivity contribution in [1.29, 1.82) is 0 Å². The van der Waals surface area contributed by atoms with Gasteiger partial charge in [-0.15, -0.1) is 0 Å². The first-order valence-corrected chi connectivity index (χ1v) is 34.1. The second kappa shape index (κ2) is 67.1. The average Bonchev–Trinajstić information content (AvgIpc) is 3.45. The predicted octanol–water partition coefficient (Wildman–Crippen LogP) is 23.4. The van der Waals surface area contributed by atoms with E-state index in [1.54, 1.807) is 0 Å². The van der Waals surface area contributed by atoms with Gasteiger partial charge in [-0.3, -0.25) is 14.4 Å². The summed E-state index contributed by atoms with van der Waals surface area (Å²) < 4.78 is 16.9. The largest absolute Gasteiger partial charge is 0.462 e. The highest BCUT2D eigenvalue weighted by atomic mass is 16.6. The highest BCUT2D eigenvalue weighted by Crippen LogP contribution is 2.17. The molecule has 79 heavy (non-hydrogen) atoms. The number of rotatable bonds is 62. The van der Waals surface area contributed by atoms with Gasteiger partial charge < -0.3 is 14.2 Å². The third kappa shape index (κ3) is 65.3. The number of unbranched alkanes of at least 4 members (excludes halogenated alkanes) is 37. The molecular weight excluding hydrogens is 973 g/mol. The molecule has 0 heterocycles. The number of carbonyl (C=O) groups is 3. The van der Waals surface area contributed by atoms with Gasteiger partial charge in [0.1, 0.15) is 13.2 Å². The Morgan fingerprint density at radius 3 is 0.797 bits per heavy atom. The minimum absolute atomic E-state index is 0.0865. The number of esters is 3. The monoisotopic (exact) mass is 1100 g/mol. The normalized spacial score (nSPS) is 12.6. The second-order valence-electron chi connectivity index (χ2n) is 22.7. The van der Waals surface area contributed by atoms with Crippen LogP contribution in [0.1, 0.15) is 342 Å². The molecule has 0 aliphatic carbocycles. The fourth-order valence-corrected chi connectivity index (χ4v) is 9.80. The lowest BCUT2D eigenvalue weighted by molar-refractivity contribution is -0.167. The minimum Gasteiger partial charge on any atom is -0.462 e. The van der Waals surface area contributed by atoms with Gasteiger partial charge in [-0.25, -0.2) is 0 Å². The van der Waals surface area contributed by atoms with Crippen molar-refractivity contribution in [3.63, 3.8) is 0 Å². The molecule has 0 bridgehead atoms. The number of allylic oxidation sites excluding steroid dienone is 14. The van der Waals surface area contributed by atoms with Gasteiger partial charge in [-0.2, -0.15) is 0 Å². The van der Waals surface area contributed by atoms with Gasteiger partial charge in [0.15, 0.2) is 6.10 Å². The summed E-state index contributed by atoms with van der Waals surface area (Å²) in [6.07, 6.45) is 88.9. The van der Waals surface area contributed by atoms with Gasteiger partial charge >= 0.3 is 17.9 Å². The van der Waals surface area contributed by atoms with E-state index in [2.05, 4.69) is 106 Å². The minimum atomic E-state index is -0.794. The molecule has 0 fully saturated rings. The zero-order valence-electron chi connectivity index (χ0n) is 52.4. The summed E-state index contributed by atoms with van der Waals surface area (Å²) in [5.74, 6) is -0.904. The van der Waals surface area contributed by atoms with Gasteiger partial charge in [0.2, 0.25) is 0 Å². The van der Waals surface area contributed by atoms with Crippen molar-refractivity contribution in [2.24, 2.45) is 0 Å². The van der Waals surface area contributed by atoms with E-state index in [0.717, 1.165) is 128 Å². The molecule has 0 aliphatic heterocycles. The molecule has 0 saturated carbocycles. The van der Waals surface area contributed by atoms with Crippen molar-refractivity contribution in [3.05, 3.63) is 85.1 Å². The predicted molar refractivity (Wildman–Crippen MR) is 344 cm³/mol. The molecule has 0 rings (SSSR count). The number of hydrogen-bond acceptors (Lipinski definition) is 6. The maximum atomic E-state index is 12.9. The third-order valence-electron chi connectivity index (χ3n) is 14.9. The van der Waals surface area contributed by atoms with Gasteiger partial charge in [0.25, 0.3) is 0 Å². The fourth-order valence-electron chi connectivity index (χ4n) is 9.80. The van der Waals surface area contributed by atoms with Crippen molar-refractivity contribution >= 4 is 17.9 Å². The maximum absolute atomic E-state index is 12.9. The van der Waals surface area contributed by atoms with E-state index < -0.39 is 6.10 Å². The van der Waals surface area contributed by atoms with Gasteiger partial charge in [0, 0.05) is 19.3 Å². The first-order chi connectivity index (χ1) is 39.0. The molecule has 0 saturated heterocycles. The van der Waals surface area contributed by atoms with Crippen molar-refractivity contribution in [1.82, 2.24) is 0 Å². The molecule has 0 aromatic heterocycles. The smallest absolute Gasteiger partial charge is 0.306 e. The van der Waals surface area contributed by atoms with Crippen LogP contribution < -0.4 is 0 Å². The van der Waals surface area contributed by atoms with Gasteiger partial charge in [0.05, 0.1) is 0 Å². The topological polar surface area (TPSA) is 78.9 Å². The standard InChI is InChI=1S/C73H128O6/c1-4-7-10-13-16-19-22-25-28-30-32-34-35-36-37-39-40-42-45-48-51-54-57-60-63-66-72(75)78-69-70(68-77-71(74)65-62-59-56-53-50-47-44-27-24-21-18-15-12-9-6-3)79-73(76)67-64-61-58-55-52-49-46-43-41-38-33-31-29-26-23-20-17-14-11-8-5-2/h8,11,17-18,20-21,26-27,29,33,38,43-44,46,70H,4-7,9-10,12-16,19,22-25,28,30-32,34-37,39-42,45,47-69H2,1-3H3/b11-8-,20-17-,21-18-,29-26-,38-33-,44-27-,46-43-. The van der Waals surface area contributed by atoms with E-state index in [4.69, 9.17) is 14.2 Å². The summed E-state index contributed by atoms with van der Waals surface area (Å²) in [4.78, 5) is 38.4. The van der Waals surface area contributed by atoms with E-state index in [1.165, 1.54) is 173 Å². The zero-order valence-corrected chi connectivity index (χ0v) is 52.4. The Labute approximate surface area is 490 Å². The van der Waals surface area contributed by atoms with Gasteiger partial charge in [-0.05, 0) is 96.3 Å². The van der Waals surface area contributed by atoms with Crippen LogP contribution in [-0.2, 0) is 28.6 Å². The molecule has 1 unspecified atom stereocenters. The lowest BCUT2D eigenvalue weighted by atomic mass is 10.0. The van der Waals surface area contributed by atoms with E-state index in [9.17, 15) is 14.4 Å². The van der Waals surface area contributed by atoms with Crippen LogP contribution in [0.15, 0.2) is 85.1 Å². The SMILES string of the molecule is CC/C=C\C/C=C\C/C=C\C/C=C\C/C=C\CCCCCCCC(=O)OC(COC(=O)CCCCCCC/C=C\C/C=C\CCCCC)COC(=O)CCCCCCCCCCCCCCCCCCCCCCCCCCC. The summed E-state index contributed by atoms with van der Waals surface area (Å²) in [5.41, 5.74) is 0. The molecular formula is C73H128O6. The highest BCUT2D eigenvalue weighted by molar-refractivity contribution is 5.71. The maximum Gasteiger partial charge on any atom is 0.306 e. The highest BCUT2D eigenvalue weighted by Gasteiger charge is 2.19. The third-order valence-corrected chi connectivity index (χ3v) is 14.9. The van der Waals surface area contributed by atoms with Gasteiger partial charge in [-0.1, -0.05) is 311 Å². The Morgan fingerprint density at radius 2 is 0.494 bits per heavy atom. The van der Waals surface area contributed by atoms with Crippen molar-refractivity contribution in [3.8, 4) is 0 Å². The Hall–Kier alpha value is -3.41. The van der Waals surface area contributed by atoms with Crippen LogP contribution in [0, 0.1) is 0 Å². The summed E-state index contributed by atoms with van der Waals surface area (Å²) in [7, 11) is 0. The van der Waals surface area contributed by atoms with Crippen LogP contribution in [0.25, 0.3) is 0 Å². The molecule has 0 N–H and O–H groups in total. The van der Waals surface area contributed by atoms with Crippen LogP contribution in [-0.4, -0.2) is 37.2 Å². The van der Waals surface area contributed by atoms with E-state index in [0.29, 0.717) is 19.3 Å². The lowest BCUT2D eigenvalue weighted by Crippen LogP contribution is -2.30. The van der Waals surface area contributed by atoms with Crippen LogP contribution in [0.2, 0.25) is 0 Å². The summed E-state index contributed by atoms with van der Waals surface area (Å²) in [6, 6.07) is 0. The van der Waals surface area contributed by atoms with E-state index >= 15 is 0 Å². The molecule has 0 aliphatic rings. The molecule has 6 heteroatoms. The Balaban J connectivity index is 4.34. The molecule has 0 aromatic carbocycles. The Kier molecular flexibility index (Phi) is 64.2. The van der Waals surface area contributed by atoms with E-state index in [1.807, 2.05) is 0 Å². The first-order valence-electron chi connectivity index (χ1n) is 34.1. The molecule has 6 nitrogen and oxygen atoms in total. The summed E-state index contributed by atoms with van der Waals surface area (Å²) in [6.45, 7) is 6.52. The molecule has 0 aromatic rings.